The first-order valence-electron chi connectivity index (χ1n) is 11.5. The van der Waals surface area contributed by atoms with Crippen molar-refractivity contribution in [1.29, 1.82) is 0 Å². The number of hydrogen-bond acceptors (Lipinski definition) is 6. The van der Waals surface area contributed by atoms with Gasteiger partial charge < -0.3 is 19.6 Å². The average Bonchev–Trinajstić information content (AvgIpc) is 3.32. The number of ether oxygens (including phenoxy) is 1. The number of benzene rings is 1. The van der Waals surface area contributed by atoms with Gasteiger partial charge in [0.15, 0.2) is 5.76 Å². The van der Waals surface area contributed by atoms with Crippen molar-refractivity contribution in [2.24, 2.45) is 0 Å². The van der Waals surface area contributed by atoms with Gasteiger partial charge in [-0.3, -0.25) is 14.0 Å². The first-order chi connectivity index (χ1) is 16.4. The summed E-state index contributed by atoms with van der Waals surface area (Å²) in [7, 11) is 1.57. The number of likely N-dealkylation sites (N-methyl/N-ethyl adjacent to an activating group) is 1. The zero-order chi connectivity index (χ0) is 24.4. The number of aryl methyl sites for hydroxylation is 1. The Balaban J connectivity index is 1.89. The second kappa shape index (κ2) is 9.69. The third kappa shape index (κ3) is 4.05. The molecule has 0 radical (unpaired) electrons. The molecule has 1 aliphatic rings. The minimum atomic E-state index is -0.737. The molecule has 1 aliphatic heterocycles. The number of pyridine rings is 1. The summed E-state index contributed by atoms with van der Waals surface area (Å²) < 4.78 is 7.12. The predicted octanol–water partition coefficient (Wildman–Crippen LogP) is 3.41. The highest BCUT2D eigenvalue weighted by Gasteiger charge is 2.46. The highest BCUT2D eigenvalue weighted by molar-refractivity contribution is 6.46. The molecule has 178 valence electrons. The van der Waals surface area contributed by atoms with Crippen LogP contribution in [-0.2, 0) is 9.59 Å². The van der Waals surface area contributed by atoms with Gasteiger partial charge >= 0.3 is 0 Å². The number of hydrogen-bond donors (Lipinski definition) is 1. The molecular formula is C26H30N4O4. The van der Waals surface area contributed by atoms with E-state index in [0.717, 1.165) is 13.1 Å². The fourth-order valence-electron chi connectivity index (χ4n) is 4.58. The van der Waals surface area contributed by atoms with E-state index in [1.807, 2.05) is 30.3 Å². The van der Waals surface area contributed by atoms with Crippen LogP contribution in [0.5, 0.6) is 5.75 Å². The Morgan fingerprint density at radius 3 is 2.62 bits per heavy atom. The second-order valence-corrected chi connectivity index (χ2v) is 8.27. The number of fused-ring (bicyclic) bond motifs is 1. The van der Waals surface area contributed by atoms with E-state index in [4.69, 9.17) is 4.74 Å². The maximum Gasteiger partial charge on any atom is 0.295 e. The molecule has 0 saturated carbocycles. The third-order valence-electron chi connectivity index (χ3n) is 6.43. The van der Waals surface area contributed by atoms with Crippen molar-refractivity contribution in [3.05, 3.63) is 71.2 Å². The monoisotopic (exact) mass is 462 g/mol. The molecule has 0 spiro atoms. The van der Waals surface area contributed by atoms with Crippen LogP contribution in [-0.4, -0.2) is 69.3 Å². The summed E-state index contributed by atoms with van der Waals surface area (Å²) in [5, 5.41) is 11.5. The van der Waals surface area contributed by atoms with E-state index in [2.05, 4.69) is 23.7 Å². The Kier molecular flexibility index (Phi) is 6.70. The number of Topliss-reactive ketones (excluding diaryl/α,β-unsaturated/α-hetero) is 1. The molecule has 1 fully saturated rings. The molecular weight excluding hydrogens is 432 g/mol. The summed E-state index contributed by atoms with van der Waals surface area (Å²) in [6.07, 6.45) is 1.78. The number of amides is 1. The number of carbonyl (C=O) groups is 2. The number of likely N-dealkylation sites (tertiary alicyclic amines) is 1. The lowest BCUT2D eigenvalue weighted by atomic mass is 9.96. The maximum atomic E-state index is 13.3. The lowest BCUT2D eigenvalue weighted by Crippen LogP contribution is -2.38. The Hall–Kier alpha value is -3.65. The molecule has 3 heterocycles. The fraction of sp³-hybridized carbons (Fsp3) is 0.346. The normalized spacial score (nSPS) is 17.8. The van der Waals surface area contributed by atoms with Gasteiger partial charge in [-0.2, -0.15) is 0 Å². The summed E-state index contributed by atoms with van der Waals surface area (Å²) in [5.41, 5.74) is 2.39. The standard InChI is InChI=1S/C26H30N4O4/c1-5-28(6-2)14-15-30-23(18-10-9-11-19(16-18)34-4)21(25(32)26(30)33)24(31)22-17(3)27-20-12-7-8-13-29(20)22/h7-13,16,23,31H,5-6,14-15H2,1-4H3/b24-21+. The molecule has 1 atom stereocenters. The number of methoxy groups -OCH3 is 1. The number of rotatable bonds is 8. The van der Waals surface area contributed by atoms with Crippen molar-refractivity contribution >= 4 is 23.1 Å². The average molecular weight is 463 g/mol. The van der Waals surface area contributed by atoms with Gasteiger partial charge in [-0.1, -0.05) is 32.0 Å². The van der Waals surface area contributed by atoms with Gasteiger partial charge in [0, 0.05) is 19.3 Å². The third-order valence-corrected chi connectivity index (χ3v) is 6.43. The van der Waals surface area contributed by atoms with Gasteiger partial charge in [-0.05, 0) is 49.8 Å². The lowest BCUT2D eigenvalue weighted by molar-refractivity contribution is -0.140. The van der Waals surface area contributed by atoms with Crippen LogP contribution in [0.25, 0.3) is 11.4 Å². The molecule has 8 heteroatoms. The number of aromatic nitrogens is 2. The zero-order valence-electron chi connectivity index (χ0n) is 20.0. The molecule has 34 heavy (non-hydrogen) atoms. The molecule has 3 aromatic rings. The van der Waals surface area contributed by atoms with Gasteiger partial charge in [0.2, 0.25) is 0 Å². The Morgan fingerprint density at radius 1 is 1.15 bits per heavy atom. The topological polar surface area (TPSA) is 87.4 Å². The van der Waals surface area contributed by atoms with Gasteiger partial charge in [0.1, 0.15) is 17.1 Å². The second-order valence-electron chi connectivity index (χ2n) is 8.27. The molecule has 1 N–H and O–H groups in total. The first-order valence-corrected chi connectivity index (χ1v) is 11.5. The fourth-order valence-corrected chi connectivity index (χ4v) is 4.58. The van der Waals surface area contributed by atoms with Crippen molar-refractivity contribution in [2.75, 3.05) is 33.3 Å². The smallest absolute Gasteiger partial charge is 0.295 e. The predicted molar refractivity (Wildman–Crippen MR) is 130 cm³/mol. The number of aliphatic hydroxyl groups is 1. The number of ketones is 1. The number of nitrogens with zero attached hydrogens (tertiary/aromatic N) is 4. The van der Waals surface area contributed by atoms with E-state index in [9.17, 15) is 14.7 Å². The van der Waals surface area contributed by atoms with E-state index >= 15 is 0 Å². The van der Waals surface area contributed by atoms with Crippen LogP contribution in [0, 0.1) is 6.92 Å². The van der Waals surface area contributed by atoms with Crippen molar-refractivity contribution in [3.8, 4) is 5.75 Å². The first kappa shape index (κ1) is 23.5. The largest absolute Gasteiger partial charge is 0.505 e. The molecule has 1 saturated heterocycles. The number of aliphatic hydroxyl groups excluding tert-OH is 1. The summed E-state index contributed by atoms with van der Waals surface area (Å²) in [6, 6.07) is 12.0. The molecule has 2 aromatic heterocycles. The van der Waals surface area contributed by atoms with Crippen LogP contribution in [0.3, 0.4) is 0 Å². The van der Waals surface area contributed by atoms with E-state index in [1.165, 1.54) is 0 Å². The minimum Gasteiger partial charge on any atom is -0.505 e. The molecule has 4 rings (SSSR count). The quantitative estimate of drug-likeness (QED) is 0.314. The highest BCUT2D eigenvalue weighted by atomic mass is 16.5. The van der Waals surface area contributed by atoms with Gasteiger partial charge in [0.05, 0.1) is 24.4 Å². The van der Waals surface area contributed by atoms with Crippen LogP contribution in [0.2, 0.25) is 0 Å². The van der Waals surface area contributed by atoms with Gasteiger partial charge in [-0.25, -0.2) is 4.98 Å². The summed E-state index contributed by atoms with van der Waals surface area (Å²) >= 11 is 0. The van der Waals surface area contributed by atoms with E-state index in [-0.39, 0.29) is 11.3 Å². The molecule has 0 bridgehead atoms. The lowest BCUT2D eigenvalue weighted by Gasteiger charge is -2.28. The summed E-state index contributed by atoms with van der Waals surface area (Å²) in [6.45, 7) is 8.55. The van der Waals surface area contributed by atoms with Gasteiger partial charge in [-0.15, -0.1) is 0 Å². The summed E-state index contributed by atoms with van der Waals surface area (Å²) in [5.74, 6) is -0.936. The van der Waals surface area contributed by atoms with Crippen molar-refractivity contribution < 1.29 is 19.4 Å². The van der Waals surface area contributed by atoms with Crippen LogP contribution >= 0.6 is 0 Å². The molecule has 8 nitrogen and oxygen atoms in total. The molecule has 1 unspecified atom stereocenters. The van der Waals surface area contributed by atoms with E-state index in [1.54, 1.807) is 41.7 Å². The van der Waals surface area contributed by atoms with Crippen molar-refractivity contribution in [3.63, 3.8) is 0 Å². The number of imidazole rings is 1. The molecule has 1 aromatic carbocycles. The van der Waals surface area contributed by atoms with E-state index in [0.29, 0.717) is 41.4 Å². The van der Waals surface area contributed by atoms with Crippen LogP contribution in [0.1, 0.15) is 36.8 Å². The van der Waals surface area contributed by atoms with Crippen molar-refractivity contribution in [2.45, 2.75) is 26.8 Å². The maximum absolute atomic E-state index is 13.3. The van der Waals surface area contributed by atoms with E-state index < -0.39 is 17.7 Å². The summed E-state index contributed by atoms with van der Waals surface area (Å²) in [4.78, 5) is 34.8. The highest BCUT2D eigenvalue weighted by Crippen LogP contribution is 2.40. The molecule has 0 aliphatic carbocycles. The zero-order valence-corrected chi connectivity index (χ0v) is 20.0. The van der Waals surface area contributed by atoms with Gasteiger partial charge in [0.25, 0.3) is 11.7 Å². The Labute approximate surface area is 199 Å². The van der Waals surface area contributed by atoms with Crippen molar-refractivity contribution in [1.82, 2.24) is 19.2 Å². The Morgan fingerprint density at radius 2 is 1.91 bits per heavy atom. The van der Waals surface area contributed by atoms with Crippen LogP contribution in [0.4, 0.5) is 0 Å². The molecule has 1 amide bonds. The Bertz CT molecular complexity index is 1260. The minimum absolute atomic E-state index is 0.0616. The van der Waals surface area contributed by atoms with Crippen LogP contribution < -0.4 is 4.74 Å². The number of carbonyl (C=O) groups excluding carboxylic acids is 2. The van der Waals surface area contributed by atoms with Crippen LogP contribution in [0.15, 0.2) is 54.2 Å². The SMILES string of the molecule is CCN(CC)CCN1C(=O)C(=O)/C(=C(/O)c2c(C)nc3ccccn23)C1c1cccc(OC)c1.